The van der Waals surface area contributed by atoms with Gasteiger partial charge in [-0.05, 0) is 29.8 Å². The Morgan fingerprint density at radius 1 is 1.05 bits per heavy atom. The summed E-state index contributed by atoms with van der Waals surface area (Å²) in [7, 11) is 0. The van der Waals surface area contributed by atoms with Gasteiger partial charge in [0.25, 0.3) is 5.56 Å². The molecule has 0 bridgehead atoms. The molecule has 1 heterocycles. The molecule has 20 heavy (non-hydrogen) atoms. The second-order valence-corrected chi connectivity index (χ2v) is 5.27. The molecule has 98 valence electrons. The number of rotatable bonds is 2. The van der Waals surface area contributed by atoms with E-state index in [2.05, 4.69) is 25.9 Å². The Balaban J connectivity index is 2.03. The van der Waals surface area contributed by atoms with Crippen molar-refractivity contribution in [3.63, 3.8) is 0 Å². The summed E-state index contributed by atoms with van der Waals surface area (Å²) in [6.07, 6.45) is 3.72. The van der Waals surface area contributed by atoms with E-state index in [1.54, 1.807) is 12.1 Å². The highest BCUT2D eigenvalue weighted by molar-refractivity contribution is 9.10. The van der Waals surface area contributed by atoms with Gasteiger partial charge in [0, 0.05) is 4.47 Å². The molecule has 3 nitrogen and oxygen atoms in total. The average Bonchev–Trinajstić information content (AvgIpc) is 2.47. The van der Waals surface area contributed by atoms with E-state index in [4.69, 9.17) is 0 Å². The highest BCUT2D eigenvalue weighted by atomic mass is 79.9. The van der Waals surface area contributed by atoms with Gasteiger partial charge in [-0.3, -0.25) is 4.79 Å². The Hall–Kier alpha value is -2.20. The molecule has 0 spiro atoms. The third-order valence-electron chi connectivity index (χ3n) is 2.92. The average molecular weight is 327 g/mol. The summed E-state index contributed by atoms with van der Waals surface area (Å²) in [5, 5.41) is 0.580. The van der Waals surface area contributed by atoms with E-state index in [-0.39, 0.29) is 5.56 Å². The number of nitrogens with zero attached hydrogens (tertiary/aromatic N) is 1. The van der Waals surface area contributed by atoms with Gasteiger partial charge in [0.1, 0.15) is 5.82 Å². The van der Waals surface area contributed by atoms with Crippen molar-refractivity contribution >= 4 is 39.0 Å². The number of hydrogen-bond donors (Lipinski definition) is 1. The van der Waals surface area contributed by atoms with E-state index < -0.39 is 0 Å². The molecule has 1 aromatic heterocycles. The van der Waals surface area contributed by atoms with Crippen molar-refractivity contribution < 1.29 is 0 Å². The maximum atomic E-state index is 12.0. The first-order chi connectivity index (χ1) is 9.72. The van der Waals surface area contributed by atoms with Crippen molar-refractivity contribution in [1.29, 1.82) is 0 Å². The van der Waals surface area contributed by atoms with Crippen LogP contribution < -0.4 is 5.56 Å². The van der Waals surface area contributed by atoms with E-state index >= 15 is 0 Å². The van der Waals surface area contributed by atoms with Crippen molar-refractivity contribution in [1.82, 2.24) is 9.97 Å². The molecule has 0 unspecified atom stereocenters. The lowest BCUT2D eigenvalue weighted by Gasteiger charge is -1.99. The molecule has 3 aromatic rings. The highest BCUT2D eigenvalue weighted by Gasteiger charge is 2.02. The summed E-state index contributed by atoms with van der Waals surface area (Å²) in [6.45, 7) is 0. The third kappa shape index (κ3) is 2.70. The second kappa shape index (κ2) is 5.43. The van der Waals surface area contributed by atoms with Crippen LogP contribution in [-0.2, 0) is 0 Å². The van der Waals surface area contributed by atoms with Gasteiger partial charge < -0.3 is 4.98 Å². The molecule has 2 aromatic carbocycles. The van der Waals surface area contributed by atoms with Crippen LogP contribution in [0.4, 0.5) is 0 Å². The molecule has 0 saturated carbocycles. The van der Waals surface area contributed by atoms with Gasteiger partial charge in [-0.25, -0.2) is 4.98 Å². The fourth-order valence-electron chi connectivity index (χ4n) is 1.95. The smallest absolute Gasteiger partial charge is 0.259 e. The lowest BCUT2D eigenvalue weighted by molar-refractivity contribution is 1.14. The molecule has 4 heteroatoms. The van der Waals surface area contributed by atoms with Crippen LogP contribution in [0.3, 0.4) is 0 Å². The van der Waals surface area contributed by atoms with Gasteiger partial charge >= 0.3 is 0 Å². The summed E-state index contributed by atoms with van der Waals surface area (Å²) < 4.78 is 0.866. The van der Waals surface area contributed by atoms with Crippen molar-refractivity contribution in [2.45, 2.75) is 0 Å². The van der Waals surface area contributed by atoms with E-state index in [0.717, 1.165) is 10.0 Å². The van der Waals surface area contributed by atoms with Crippen LogP contribution in [-0.4, -0.2) is 9.97 Å². The summed E-state index contributed by atoms with van der Waals surface area (Å²) >= 11 is 3.35. The number of H-pyrrole nitrogens is 1. The quantitative estimate of drug-likeness (QED) is 0.777. The first-order valence-corrected chi connectivity index (χ1v) is 6.94. The summed E-state index contributed by atoms with van der Waals surface area (Å²) in [5.74, 6) is 0.550. The van der Waals surface area contributed by atoms with E-state index in [0.29, 0.717) is 16.7 Å². The third-order valence-corrected chi connectivity index (χ3v) is 3.41. The van der Waals surface area contributed by atoms with E-state index in [1.165, 1.54) is 0 Å². The van der Waals surface area contributed by atoms with Crippen molar-refractivity contribution in [2.24, 2.45) is 0 Å². The fourth-order valence-corrected chi connectivity index (χ4v) is 2.31. The Kier molecular flexibility index (Phi) is 3.48. The maximum Gasteiger partial charge on any atom is 0.259 e. The summed E-state index contributed by atoms with van der Waals surface area (Å²) in [6, 6.07) is 15.4. The van der Waals surface area contributed by atoms with Crippen molar-refractivity contribution in [3.8, 4) is 0 Å². The zero-order valence-electron chi connectivity index (χ0n) is 10.5. The fraction of sp³-hybridized carbons (Fsp3) is 0. The molecule has 0 atom stereocenters. The largest absolute Gasteiger partial charge is 0.306 e. The Morgan fingerprint density at radius 3 is 2.65 bits per heavy atom. The number of nitrogens with one attached hydrogen (secondary N) is 1. The monoisotopic (exact) mass is 326 g/mol. The first kappa shape index (κ1) is 12.8. The minimum absolute atomic E-state index is 0.135. The highest BCUT2D eigenvalue weighted by Crippen LogP contribution is 2.15. The van der Waals surface area contributed by atoms with E-state index in [1.807, 2.05) is 48.5 Å². The molecule has 0 aliphatic carbocycles. The van der Waals surface area contributed by atoms with Gasteiger partial charge in [-0.2, -0.15) is 0 Å². The van der Waals surface area contributed by atoms with E-state index in [9.17, 15) is 4.79 Å². The molecule has 0 saturated heterocycles. The standard InChI is InChI=1S/C16H11BrN2O/c17-12-7-8-14-13(10-12)16(20)19-15(18-14)9-6-11-4-2-1-3-5-11/h1-10H,(H,18,19,20)/b9-6+. The topological polar surface area (TPSA) is 45.8 Å². The molecule has 0 aliphatic heterocycles. The van der Waals surface area contributed by atoms with Gasteiger partial charge in [0.15, 0.2) is 0 Å². The van der Waals surface area contributed by atoms with Gasteiger partial charge in [-0.1, -0.05) is 52.3 Å². The number of halogens is 1. The number of aromatic nitrogens is 2. The van der Waals surface area contributed by atoms with Crippen LogP contribution in [0.2, 0.25) is 0 Å². The SMILES string of the molecule is O=c1[nH]c(/C=C/c2ccccc2)nc2ccc(Br)cc12. The Bertz CT molecular complexity index is 838. The van der Waals surface area contributed by atoms with Crippen molar-refractivity contribution in [3.05, 3.63) is 74.7 Å². The van der Waals surface area contributed by atoms with Crippen LogP contribution in [0, 0.1) is 0 Å². The number of hydrogen-bond acceptors (Lipinski definition) is 2. The zero-order valence-corrected chi connectivity index (χ0v) is 12.1. The number of fused-ring (bicyclic) bond motifs is 1. The number of aromatic amines is 1. The molecule has 0 amide bonds. The van der Waals surface area contributed by atoms with Crippen LogP contribution in [0.1, 0.15) is 11.4 Å². The molecular weight excluding hydrogens is 316 g/mol. The van der Waals surface area contributed by atoms with Crippen LogP contribution in [0.5, 0.6) is 0 Å². The lowest BCUT2D eigenvalue weighted by Crippen LogP contribution is -2.09. The maximum absolute atomic E-state index is 12.0. The molecule has 0 fully saturated rings. The first-order valence-electron chi connectivity index (χ1n) is 6.15. The minimum Gasteiger partial charge on any atom is -0.306 e. The molecule has 0 radical (unpaired) electrons. The molecule has 0 aliphatic rings. The van der Waals surface area contributed by atoms with Gasteiger partial charge in [0.05, 0.1) is 10.9 Å². The molecule has 1 N–H and O–H groups in total. The van der Waals surface area contributed by atoms with Gasteiger partial charge in [0.2, 0.25) is 0 Å². The minimum atomic E-state index is -0.135. The normalized spacial score (nSPS) is 11.2. The Labute approximate surface area is 124 Å². The van der Waals surface area contributed by atoms with Gasteiger partial charge in [-0.15, -0.1) is 0 Å². The zero-order chi connectivity index (χ0) is 13.9. The summed E-state index contributed by atoms with van der Waals surface area (Å²) in [4.78, 5) is 19.2. The van der Waals surface area contributed by atoms with Crippen LogP contribution in [0.15, 0.2) is 57.8 Å². The number of benzene rings is 2. The molecular formula is C16H11BrN2O. The lowest BCUT2D eigenvalue weighted by atomic mass is 10.2. The Morgan fingerprint density at radius 2 is 1.85 bits per heavy atom. The second-order valence-electron chi connectivity index (χ2n) is 4.36. The van der Waals surface area contributed by atoms with Crippen LogP contribution in [0.25, 0.3) is 23.1 Å². The molecule has 3 rings (SSSR count). The van der Waals surface area contributed by atoms with Crippen molar-refractivity contribution in [2.75, 3.05) is 0 Å². The summed E-state index contributed by atoms with van der Waals surface area (Å²) in [5.41, 5.74) is 1.61. The predicted molar refractivity (Wildman–Crippen MR) is 85.4 cm³/mol. The predicted octanol–water partition coefficient (Wildman–Crippen LogP) is 3.86. The van der Waals surface area contributed by atoms with Crippen LogP contribution >= 0.6 is 15.9 Å².